The number of ether oxygens (including phenoxy) is 2. The van der Waals surface area contributed by atoms with Crippen LogP contribution in [0.2, 0.25) is 0 Å². The summed E-state index contributed by atoms with van der Waals surface area (Å²) in [6, 6.07) is 0. The summed E-state index contributed by atoms with van der Waals surface area (Å²) in [4.78, 5) is 0. The van der Waals surface area contributed by atoms with Gasteiger partial charge in [0.25, 0.3) is 0 Å². The molecule has 13 heavy (non-hydrogen) atoms. The number of hydrogen-bond acceptors (Lipinski definition) is 2. The SMILES string of the molecule is COC(C)(C)C[C@H]1COC(C)(C)C1. The van der Waals surface area contributed by atoms with Crippen molar-refractivity contribution >= 4 is 0 Å². The molecule has 2 heteroatoms. The third-order valence-corrected chi connectivity index (χ3v) is 2.82. The minimum atomic E-state index is -0.00551. The maximum atomic E-state index is 5.69. The fraction of sp³-hybridized carbons (Fsp3) is 1.00. The van der Waals surface area contributed by atoms with Crippen LogP contribution in [0, 0.1) is 5.92 Å². The molecule has 0 aromatic rings. The minimum Gasteiger partial charge on any atom is -0.379 e. The largest absolute Gasteiger partial charge is 0.379 e. The zero-order valence-electron chi connectivity index (χ0n) is 9.52. The van der Waals surface area contributed by atoms with Crippen molar-refractivity contribution in [3.8, 4) is 0 Å². The van der Waals surface area contributed by atoms with E-state index >= 15 is 0 Å². The number of hydrogen-bond donors (Lipinski definition) is 0. The van der Waals surface area contributed by atoms with Gasteiger partial charge in [-0.15, -0.1) is 0 Å². The average molecular weight is 186 g/mol. The van der Waals surface area contributed by atoms with E-state index in [1.54, 1.807) is 7.11 Å². The Morgan fingerprint density at radius 2 is 2.08 bits per heavy atom. The quantitative estimate of drug-likeness (QED) is 0.674. The molecule has 0 unspecified atom stereocenters. The van der Waals surface area contributed by atoms with Crippen LogP contribution in [0.4, 0.5) is 0 Å². The Morgan fingerprint density at radius 1 is 1.46 bits per heavy atom. The van der Waals surface area contributed by atoms with Gasteiger partial charge in [-0.25, -0.2) is 0 Å². The van der Waals surface area contributed by atoms with E-state index in [1.165, 1.54) is 0 Å². The molecule has 0 amide bonds. The van der Waals surface area contributed by atoms with Gasteiger partial charge in [-0.2, -0.15) is 0 Å². The molecule has 1 aliphatic heterocycles. The van der Waals surface area contributed by atoms with Crippen LogP contribution in [-0.4, -0.2) is 24.9 Å². The molecule has 1 fully saturated rings. The van der Waals surface area contributed by atoms with E-state index in [4.69, 9.17) is 9.47 Å². The second-order valence-electron chi connectivity index (χ2n) is 5.31. The summed E-state index contributed by atoms with van der Waals surface area (Å²) >= 11 is 0. The first-order valence-corrected chi connectivity index (χ1v) is 5.04. The Morgan fingerprint density at radius 3 is 2.46 bits per heavy atom. The van der Waals surface area contributed by atoms with Crippen LogP contribution in [0.3, 0.4) is 0 Å². The summed E-state index contributed by atoms with van der Waals surface area (Å²) in [5.74, 6) is 0.657. The average Bonchev–Trinajstić information content (AvgIpc) is 2.29. The van der Waals surface area contributed by atoms with Crippen LogP contribution in [0.15, 0.2) is 0 Å². The Kier molecular flexibility index (Phi) is 3.03. The monoisotopic (exact) mass is 186 g/mol. The second-order valence-corrected chi connectivity index (χ2v) is 5.31. The Labute approximate surface area is 81.6 Å². The zero-order chi connectivity index (χ0) is 10.1. The van der Waals surface area contributed by atoms with Crippen LogP contribution >= 0.6 is 0 Å². The summed E-state index contributed by atoms with van der Waals surface area (Å²) in [7, 11) is 1.78. The predicted octanol–water partition coefficient (Wildman–Crippen LogP) is 2.62. The predicted molar refractivity (Wildman–Crippen MR) is 53.8 cm³/mol. The third kappa shape index (κ3) is 3.28. The summed E-state index contributed by atoms with van der Waals surface area (Å²) in [6.45, 7) is 9.48. The fourth-order valence-electron chi connectivity index (χ4n) is 2.07. The van der Waals surface area contributed by atoms with Crippen molar-refractivity contribution in [3.05, 3.63) is 0 Å². The van der Waals surface area contributed by atoms with Crippen molar-refractivity contribution in [2.24, 2.45) is 5.92 Å². The van der Waals surface area contributed by atoms with Gasteiger partial charge >= 0.3 is 0 Å². The lowest BCUT2D eigenvalue weighted by Crippen LogP contribution is -2.26. The number of methoxy groups -OCH3 is 1. The topological polar surface area (TPSA) is 18.5 Å². The van der Waals surface area contributed by atoms with Crippen LogP contribution in [-0.2, 0) is 9.47 Å². The van der Waals surface area contributed by atoms with Crippen molar-refractivity contribution in [2.45, 2.75) is 51.7 Å². The molecule has 2 nitrogen and oxygen atoms in total. The second kappa shape index (κ2) is 3.58. The maximum absolute atomic E-state index is 5.69. The molecule has 1 atom stereocenters. The highest BCUT2D eigenvalue weighted by Gasteiger charge is 2.35. The first-order valence-electron chi connectivity index (χ1n) is 5.04. The summed E-state index contributed by atoms with van der Waals surface area (Å²) in [6.07, 6.45) is 2.24. The smallest absolute Gasteiger partial charge is 0.0630 e. The molecule has 1 aliphatic rings. The first-order chi connectivity index (χ1) is 5.85. The van der Waals surface area contributed by atoms with Crippen molar-refractivity contribution in [1.82, 2.24) is 0 Å². The molecule has 1 saturated heterocycles. The molecule has 78 valence electrons. The molecule has 0 spiro atoms. The van der Waals surface area contributed by atoms with Gasteiger partial charge in [0.2, 0.25) is 0 Å². The van der Waals surface area contributed by atoms with E-state index in [0.29, 0.717) is 5.92 Å². The molecule has 0 N–H and O–H groups in total. The van der Waals surface area contributed by atoms with Crippen LogP contribution in [0.1, 0.15) is 40.5 Å². The molecule has 0 saturated carbocycles. The van der Waals surface area contributed by atoms with E-state index in [0.717, 1.165) is 19.4 Å². The van der Waals surface area contributed by atoms with E-state index in [-0.39, 0.29) is 11.2 Å². The molecule has 0 aromatic carbocycles. The Balaban J connectivity index is 2.40. The van der Waals surface area contributed by atoms with E-state index < -0.39 is 0 Å². The molecular formula is C11H22O2. The standard InChI is InChI=1S/C11H22O2/c1-10(2,12-5)6-9-7-11(3,4)13-8-9/h9H,6-8H2,1-5H3/t9-/m1/s1. The summed E-state index contributed by atoms with van der Waals surface area (Å²) < 4.78 is 11.1. The van der Waals surface area contributed by atoms with E-state index in [1.807, 2.05) is 0 Å². The van der Waals surface area contributed by atoms with Gasteiger partial charge in [-0.05, 0) is 46.5 Å². The van der Waals surface area contributed by atoms with Gasteiger partial charge in [0.05, 0.1) is 17.8 Å². The van der Waals surface area contributed by atoms with Crippen molar-refractivity contribution in [2.75, 3.05) is 13.7 Å². The highest BCUT2D eigenvalue weighted by molar-refractivity contribution is 4.84. The van der Waals surface area contributed by atoms with Gasteiger partial charge in [0.1, 0.15) is 0 Å². The summed E-state index contributed by atoms with van der Waals surface area (Å²) in [5, 5.41) is 0. The molecule has 1 rings (SSSR count). The lowest BCUT2D eigenvalue weighted by molar-refractivity contribution is -0.00132. The number of rotatable bonds is 3. The molecule has 0 bridgehead atoms. The van der Waals surface area contributed by atoms with Crippen molar-refractivity contribution < 1.29 is 9.47 Å². The maximum Gasteiger partial charge on any atom is 0.0630 e. The van der Waals surface area contributed by atoms with Gasteiger partial charge in [0.15, 0.2) is 0 Å². The van der Waals surface area contributed by atoms with E-state index in [9.17, 15) is 0 Å². The highest BCUT2D eigenvalue weighted by atomic mass is 16.5. The normalized spacial score (nSPS) is 27.9. The molecule has 0 radical (unpaired) electrons. The lowest BCUT2D eigenvalue weighted by atomic mass is 9.88. The minimum absolute atomic E-state index is 0.00551. The van der Waals surface area contributed by atoms with Crippen molar-refractivity contribution in [3.63, 3.8) is 0 Å². The van der Waals surface area contributed by atoms with Crippen LogP contribution in [0.25, 0.3) is 0 Å². The molecule has 0 aromatic heterocycles. The Hall–Kier alpha value is -0.0800. The van der Waals surface area contributed by atoms with Gasteiger partial charge < -0.3 is 9.47 Å². The highest BCUT2D eigenvalue weighted by Crippen LogP contribution is 2.34. The molecule has 0 aliphatic carbocycles. The third-order valence-electron chi connectivity index (χ3n) is 2.82. The van der Waals surface area contributed by atoms with Gasteiger partial charge in [-0.3, -0.25) is 0 Å². The lowest BCUT2D eigenvalue weighted by Gasteiger charge is -2.26. The molecule has 1 heterocycles. The molecular weight excluding hydrogens is 164 g/mol. The first kappa shape index (κ1) is 11.0. The fourth-order valence-corrected chi connectivity index (χ4v) is 2.07. The summed E-state index contributed by atoms with van der Waals surface area (Å²) in [5.41, 5.74) is 0.0724. The zero-order valence-corrected chi connectivity index (χ0v) is 9.52. The van der Waals surface area contributed by atoms with Gasteiger partial charge in [0, 0.05) is 7.11 Å². The Bertz CT molecular complexity index is 173. The van der Waals surface area contributed by atoms with Gasteiger partial charge in [-0.1, -0.05) is 0 Å². The van der Waals surface area contributed by atoms with Crippen LogP contribution in [0.5, 0.6) is 0 Å². The van der Waals surface area contributed by atoms with Crippen LogP contribution < -0.4 is 0 Å². The van der Waals surface area contributed by atoms with E-state index in [2.05, 4.69) is 27.7 Å². The van der Waals surface area contributed by atoms with Crippen molar-refractivity contribution in [1.29, 1.82) is 0 Å².